The van der Waals surface area contributed by atoms with E-state index in [0.29, 0.717) is 12.3 Å². The SMILES string of the molecule is Cc1ccc(-c2nc(C)c(C(C)C)c(N3CCN(C(=O)CC(C)(C)C)CC3)n2)cc1. The molecule has 2 aromatic rings. The Bertz CT molecular complexity index is 889. The summed E-state index contributed by atoms with van der Waals surface area (Å²) in [4.78, 5) is 26.8. The van der Waals surface area contributed by atoms with Gasteiger partial charge >= 0.3 is 0 Å². The maximum absolute atomic E-state index is 12.6. The lowest BCUT2D eigenvalue weighted by Crippen LogP contribution is -2.50. The zero-order valence-corrected chi connectivity index (χ0v) is 19.6. The van der Waals surface area contributed by atoms with Crippen LogP contribution in [0.5, 0.6) is 0 Å². The van der Waals surface area contributed by atoms with Gasteiger partial charge in [0.1, 0.15) is 5.82 Å². The Kier molecular flexibility index (Phi) is 6.49. The lowest BCUT2D eigenvalue weighted by atomic mass is 9.91. The Labute approximate surface area is 181 Å². The van der Waals surface area contributed by atoms with E-state index in [0.717, 1.165) is 49.1 Å². The third-order valence-corrected chi connectivity index (χ3v) is 5.62. The first-order chi connectivity index (χ1) is 14.0. The minimum atomic E-state index is 0.0196. The summed E-state index contributed by atoms with van der Waals surface area (Å²) in [5.41, 5.74) is 4.54. The molecule has 1 aliphatic rings. The summed E-state index contributed by atoms with van der Waals surface area (Å²) in [6.45, 7) is 18.0. The van der Waals surface area contributed by atoms with Crippen LogP contribution in [-0.2, 0) is 4.79 Å². The number of anilines is 1. The lowest BCUT2D eigenvalue weighted by molar-refractivity contribution is -0.133. The summed E-state index contributed by atoms with van der Waals surface area (Å²) >= 11 is 0. The number of carbonyl (C=O) groups excluding carboxylic acids is 1. The van der Waals surface area contributed by atoms with Gasteiger partial charge in [0.15, 0.2) is 5.82 Å². The van der Waals surface area contributed by atoms with Crippen molar-refractivity contribution in [1.82, 2.24) is 14.9 Å². The molecule has 1 amide bonds. The van der Waals surface area contributed by atoms with Gasteiger partial charge in [0.2, 0.25) is 5.91 Å². The number of piperazine rings is 1. The number of nitrogens with zero attached hydrogens (tertiary/aromatic N) is 4. The molecule has 0 atom stereocenters. The summed E-state index contributed by atoms with van der Waals surface area (Å²) in [5.74, 6) is 2.40. The molecule has 0 saturated carbocycles. The Morgan fingerprint density at radius 1 is 1.00 bits per heavy atom. The Balaban J connectivity index is 1.86. The monoisotopic (exact) mass is 408 g/mol. The van der Waals surface area contributed by atoms with Crippen molar-refractivity contribution in [2.24, 2.45) is 5.41 Å². The highest BCUT2D eigenvalue weighted by molar-refractivity contribution is 5.77. The van der Waals surface area contributed by atoms with Crippen LogP contribution in [0.3, 0.4) is 0 Å². The summed E-state index contributed by atoms with van der Waals surface area (Å²) < 4.78 is 0. The minimum Gasteiger partial charge on any atom is -0.353 e. The van der Waals surface area contributed by atoms with E-state index in [4.69, 9.17) is 9.97 Å². The second-order valence-electron chi connectivity index (χ2n) is 10.00. The predicted molar refractivity (Wildman–Crippen MR) is 124 cm³/mol. The lowest BCUT2D eigenvalue weighted by Gasteiger charge is -2.38. The molecule has 0 radical (unpaired) electrons. The molecule has 5 nitrogen and oxygen atoms in total. The summed E-state index contributed by atoms with van der Waals surface area (Å²) in [6, 6.07) is 8.38. The predicted octanol–water partition coefficient (Wildman–Crippen LogP) is 4.97. The standard InChI is InChI=1S/C25H36N4O/c1-17(2)22-19(4)26-23(20-10-8-18(3)9-11-20)27-24(22)29-14-12-28(13-15-29)21(30)16-25(5,6)7/h8-11,17H,12-16H2,1-7H3. The maximum Gasteiger partial charge on any atom is 0.223 e. The van der Waals surface area contributed by atoms with Crippen LogP contribution in [0.2, 0.25) is 0 Å². The molecule has 0 spiro atoms. The van der Waals surface area contributed by atoms with Gasteiger partial charge in [-0.25, -0.2) is 9.97 Å². The molecule has 2 heterocycles. The van der Waals surface area contributed by atoms with Gasteiger partial charge in [0, 0.05) is 49.4 Å². The van der Waals surface area contributed by atoms with E-state index in [1.807, 2.05) is 4.90 Å². The van der Waals surface area contributed by atoms with Gasteiger partial charge in [-0.05, 0) is 25.2 Å². The van der Waals surface area contributed by atoms with Crippen LogP contribution in [0, 0.1) is 19.3 Å². The van der Waals surface area contributed by atoms with Gasteiger partial charge in [-0.15, -0.1) is 0 Å². The van der Waals surface area contributed by atoms with E-state index in [1.54, 1.807) is 0 Å². The third kappa shape index (κ3) is 5.18. The van der Waals surface area contributed by atoms with E-state index >= 15 is 0 Å². The normalized spacial score (nSPS) is 15.1. The molecule has 1 fully saturated rings. The van der Waals surface area contributed by atoms with E-state index in [1.165, 1.54) is 11.1 Å². The van der Waals surface area contributed by atoms with Crippen LogP contribution in [0.1, 0.15) is 63.8 Å². The van der Waals surface area contributed by atoms with Gasteiger partial charge in [-0.1, -0.05) is 64.4 Å². The Morgan fingerprint density at radius 2 is 1.60 bits per heavy atom. The highest BCUT2D eigenvalue weighted by atomic mass is 16.2. The number of benzene rings is 1. The van der Waals surface area contributed by atoms with Crippen molar-refractivity contribution in [3.8, 4) is 11.4 Å². The van der Waals surface area contributed by atoms with Crippen molar-refractivity contribution in [2.45, 2.75) is 60.8 Å². The number of rotatable bonds is 4. The van der Waals surface area contributed by atoms with E-state index in [-0.39, 0.29) is 11.3 Å². The second kappa shape index (κ2) is 8.75. The Morgan fingerprint density at radius 3 is 2.13 bits per heavy atom. The molecule has 0 bridgehead atoms. The summed E-state index contributed by atoms with van der Waals surface area (Å²) in [7, 11) is 0. The van der Waals surface area contributed by atoms with Crippen molar-refractivity contribution in [1.29, 1.82) is 0 Å². The molecule has 1 aliphatic heterocycles. The quantitative estimate of drug-likeness (QED) is 0.717. The molecule has 5 heteroatoms. The van der Waals surface area contributed by atoms with Crippen molar-refractivity contribution in [2.75, 3.05) is 31.1 Å². The molecule has 0 N–H and O–H groups in total. The molecular formula is C25H36N4O. The molecule has 3 rings (SSSR count). The fourth-order valence-corrected chi connectivity index (χ4v) is 4.05. The van der Waals surface area contributed by atoms with Gasteiger partial charge in [-0.2, -0.15) is 0 Å². The molecule has 0 aliphatic carbocycles. The average molecular weight is 409 g/mol. The van der Waals surface area contributed by atoms with Gasteiger partial charge in [0.25, 0.3) is 0 Å². The summed E-state index contributed by atoms with van der Waals surface area (Å²) in [5, 5.41) is 0. The highest BCUT2D eigenvalue weighted by Gasteiger charge is 2.27. The minimum absolute atomic E-state index is 0.0196. The van der Waals surface area contributed by atoms with Gasteiger partial charge < -0.3 is 9.80 Å². The molecule has 0 unspecified atom stereocenters. The molecular weight excluding hydrogens is 372 g/mol. The average Bonchev–Trinajstić information content (AvgIpc) is 2.66. The molecule has 1 aromatic heterocycles. The van der Waals surface area contributed by atoms with Crippen molar-refractivity contribution < 1.29 is 4.79 Å². The zero-order valence-electron chi connectivity index (χ0n) is 19.6. The number of amides is 1. The van der Waals surface area contributed by atoms with E-state index < -0.39 is 0 Å². The number of hydrogen-bond donors (Lipinski definition) is 0. The van der Waals surface area contributed by atoms with Gasteiger partial charge in [0.05, 0.1) is 0 Å². The molecule has 1 aromatic carbocycles. The van der Waals surface area contributed by atoms with Crippen LogP contribution in [-0.4, -0.2) is 47.0 Å². The molecule has 1 saturated heterocycles. The highest BCUT2D eigenvalue weighted by Crippen LogP contribution is 2.31. The fourth-order valence-electron chi connectivity index (χ4n) is 4.05. The topological polar surface area (TPSA) is 49.3 Å². The Hall–Kier alpha value is -2.43. The van der Waals surface area contributed by atoms with Crippen molar-refractivity contribution >= 4 is 11.7 Å². The third-order valence-electron chi connectivity index (χ3n) is 5.62. The van der Waals surface area contributed by atoms with Crippen LogP contribution < -0.4 is 4.90 Å². The van der Waals surface area contributed by atoms with Crippen LogP contribution in [0.4, 0.5) is 5.82 Å². The fraction of sp³-hybridized carbons (Fsp3) is 0.560. The van der Waals surface area contributed by atoms with Gasteiger partial charge in [-0.3, -0.25) is 4.79 Å². The van der Waals surface area contributed by atoms with Crippen molar-refractivity contribution in [3.05, 3.63) is 41.1 Å². The first-order valence-electron chi connectivity index (χ1n) is 11.0. The van der Waals surface area contributed by atoms with Crippen LogP contribution in [0.25, 0.3) is 11.4 Å². The number of carbonyl (C=O) groups is 1. The maximum atomic E-state index is 12.6. The number of aromatic nitrogens is 2. The largest absolute Gasteiger partial charge is 0.353 e. The smallest absolute Gasteiger partial charge is 0.223 e. The zero-order chi connectivity index (χ0) is 22.1. The number of hydrogen-bond acceptors (Lipinski definition) is 4. The molecule has 162 valence electrons. The van der Waals surface area contributed by atoms with E-state index in [2.05, 4.69) is 77.6 Å². The van der Waals surface area contributed by atoms with Crippen molar-refractivity contribution in [3.63, 3.8) is 0 Å². The first kappa shape index (κ1) is 22.3. The summed E-state index contributed by atoms with van der Waals surface area (Å²) in [6.07, 6.45) is 0.592. The second-order valence-corrected chi connectivity index (χ2v) is 10.00. The first-order valence-corrected chi connectivity index (χ1v) is 11.0. The van der Waals surface area contributed by atoms with Crippen LogP contribution in [0.15, 0.2) is 24.3 Å². The van der Waals surface area contributed by atoms with E-state index in [9.17, 15) is 4.79 Å². The molecule has 30 heavy (non-hydrogen) atoms. The van der Waals surface area contributed by atoms with Crippen LogP contribution >= 0.6 is 0 Å². The number of aryl methyl sites for hydroxylation is 2.